The fourth-order valence-electron chi connectivity index (χ4n) is 1.57. The molecule has 0 bridgehead atoms. The number of halogens is 2. The van der Waals surface area contributed by atoms with Crippen LogP contribution in [0.1, 0.15) is 13.8 Å². The molecule has 0 amide bonds. The van der Waals surface area contributed by atoms with Gasteiger partial charge in [0.15, 0.2) is 5.75 Å². The van der Waals surface area contributed by atoms with Crippen LogP contribution in [-0.4, -0.2) is 15.9 Å². The van der Waals surface area contributed by atoms with Crippen LogP contribution in [-0.2, 0) is 0 Å². The lowest BCUT2D eigenvalue weighted by Crippen LogP contribution is -2.04. The fourth-order valence-corrected chi connectivity index (χ4v) is 2.24. The third kappa shape index (κ3) is 2.71. The number of rotatable bonds is 3. The average Bonchev–Trinajstić information content (AvgIpc) is 2.63. The number of hydrogen-bond acceptors (Lipinski definition) is 3. The van der Waals surface area contributed by atoms with Crippen molar-refractivity contribution in [2.45, 2.75) is 20.0 Å². The number of benzene rings is 1. The number of nitrogen functional groups attached to an aromatic ring is 1. The summed E-state index contributed by atoms with van der Waals surface area (Å²) in [6, 6.07) is 3.26. The van der Waals surface area contributed by atoms with Gasteiger partial charge in [0.25, 0.3) is 0 Å². The molecule has 0 fully saturated rings. The van der Waals surface area contributed by atoms with Gasteiger partial charge in [0, 0.05) is 5.69 Å². The van der Waals surface area contributed by atoms with Crippen LogP contribution in [0.3, 0.4) is 0 Å². The Bertz CT molecular complexity index is 543. The Labute approximate surface area is 115 Å². The van der Waals surface area contributed by atoms with Crippen molar-refractivity contribution in [3.8, 4) is 11.4 Å². The van der Waals surface area contributed by atoms with Gasteiger partial charge in [-0.25, -0.2) is 4.68 Å². The molecule has 1 aromatic heterocycles. The van der Waals surface area contributed by atoms with Crippen LogP contribution in [0, 0.1) is 0 Å². The number of aromatic nitrogens is 2. The summed E-state index contributed by atoms with van der Waals surface area (Å²) in [4.78, 5) is 0. The Kier molecular flexibility index (Phi) is 3.68. The van der Waals surface area contributed by atoms with Crippen LogP contribution in [0.2, 0.25) is 10.0 Å². The van der Waals surface area contributed by atoms with E-state index in [1.54, 1.807) is 29.2 Å². The van der Waals surface area contributed by atoms with E-state index in [0.717, 1.165) is 0 Å². The lowest BCUT2D eigenvalue weighted by atomic mass is 10.3. The van der Waals surface area contributed by atoms with E-state index < -0.39 is 0 Å². The first-order chi connectivity index (χ1) is 8.47. The maximum atomic E-state index is 6.12. The van der Waals surface area contributed by atoms with E-state index in [1.165, 1.54) is 0 Å². The maximum absolute atomic E-state index is 6.12. The Morgan fingerprint density at radius 1 is 1.28 bits per heavy atom. The van der Waals surface area contributed by atoms with E-state index in [1.807, 2.05) is 13.8 Å². The normalized spacial score (nSPS) is 10.9. The first-order valence-electron chi connectivity index (χ1n) is 5.43. The van der Waals surface area contributed by atoms with E-state index in [2.05, 4.69) is 5.10 Å². The number of hydrogen-bond donors (Lipinski definition) is 1. The molecule has 0 spiro atoms. The average molecular weight is 286 g/mol. The van der Waals surface area contributed by atoms with Crippen LogP contribution < -0.4 is 10.5 Å². The van der Waals surface area contributed by atoms with Crippen molar-refractivity contribution in [1.82, 2.24) is 9.78 Å². The minimum absolute atomic E-state index is 0.0833. The molecule has 0 aliphatic rings. The summed E-state index contributed by atoms with van der Waals surface area (Å²) in [6.45, 7) is 3.89. The lowest BCUT2D eigenvalue weighted by Gasteiger charge is -2.08. The SMILES string of the molecule is CC(C)Oc1cnn(-c2c(Cl)cc(N)cc2Cl)c1. The summed E-state index contributed by atoms with van der Waals surface area (Å²) < 4.78 is 7.10. The molecule has 0 unspecified atom stereocenters. The number of nitrogens with two attached hydrogens (primary N) is 1. The number of ether oxygens (including phenoxy) is 1. The minimum Gasteiger partial charge on any atom is -0.488 e. The van der Waals surface area contributed by atoms with Gasteiger partial charge in [0.2, 0.25) is 0 Å². The summed E-state index contributed by atoms with van der Waals surface area (Å²) >= 11 is 12.2. The van der Waals surface area contributed by atoms with Crippen LogP contribution in [0.15, 0.2) is 24.5 Å². The van der Waals surface area contributed by atoms with E-state index in [4.69, 9.17) is 33.7 Å². The Morgan fingerprint density at radius 3 is 2.44 bits per heavy atom. The van der Waals surface area contributed by atoms with Gasteiger partial charge in [-0.2, -0.15) is 5.10 Å². The van der Waals surface area contributed by atoms with Gasteiger partial charge in [0.1, 0.15) is 5.69 Å². The van der Waals surface area contributed by atoms with Crippen LogP contribution in [0.5, 0.6) is 5.75 Å². The van der Waals surface area contributed by atoms with Crippen LogP contribution in [0.4, 0.5) is 5.69 Å². The molecule has 0 radical (unpaired) electrons. The molecule has 18 heavy (non-hydrogen) atoms. The molecule has 0 aliphatic heterocycles. The highest BCUT2D eigenvalue weighted by atomic mass is 35.5. The minimum atomic E-state index is 0.0833. The summed E-state index contributed by atoms with van der Waals surface area (Å²) in [5.41, 5.74) is 6.76. The molecule has 0 atom stereocenters. The first-order valence-corrected chi connectivity index (χ1v) is 6.19. The smallest absolute Gasteiger partial charge is 0.158 e. The molecule has 0 saturated heterocycles. The zero-order chi connectivity index (χ0) is 13.3. The van der Waals surface area contributed by atoms with Gasteiger partial charge in [-0.05, 0) is 26.0 Å². The first kappa shape index (κ1) is 13.1. The van der Waals surface area contributed by atoms with Crippen LogP contribution in [0.25, 0.3) is 5.69 Å². The summed E-state index contributed by atoms with van der Waals surface area (Å²) in [5.74, 6) is 0.661. The Hall–Kier alpha value is -1.39. The molecule has 2 rings (SSSR count). The van der Waals surface area contributed by atoms with E-state index >= 15 is 0 Å². The van der Waals surface area contributed by atoms with Crippen molar-refractivity contribution < 1.29 is 4.74 Å². The fraction of sp³-hybridized carbons (Fsp3) is 0.250. The molecule has 0 saturated carbocycles. The molecule has 96 valence electrons. The second kappa shape index (κ2) is 5.08. The van der Waals surface area contributed by atoms with Gasteiger partial charge < -0.3 is 10.5 Å². The van der Waals surface area contributed by atoms with Crippen molar-refractivity contribution >= 4 is 28.9 Å². The molecule has 2 aromatic rings. The molecule has 4 nitrogen and oxygen atoms in total. The zero-order valence-electron chi connectivity index (χ0n) is 10.0. The molecular weight excluding hydrogens is 273 g/mol. The highest BCUT2D eigenvalue weighted by Crippen LogP contribution is 2.31. The quantitative estimate of drug-likeness (QED) is 0.878. The third-order valence-corrected chi connectivity index (χ3v) is 2.78. The summed E-state index contributed by atoms with van der Waals surface area (Å²) in [5, 5.41) is 5.06. The lowest BCUT2D eigenvalue weighted by molar-refractivity contribution is 0.242. The molecule has 1 heterocycles. The highest BCUT2D eigenvalue weighted by Gasteiger charge is 2.12. The largest absolute Gasteiger partial charge is 0.488 e. The van der Waals surface area contributed by atoms with Gasteiger partial charge >= 0.3 is 0 Å². The number of anilines is 1. The van der Waals surface area contributed by atoms with Gasteiger partial charge in [-0.1, -0.05) is 23.2 Å². The molecular formula is C12H13Cl2N3O. The van der Waals surface area contributed by atoms with Crippen molar-refractivity contribution in [2.24, 2.45) is 0 Å². The zero-order valence-corrected chi connectivity index (χ0v) is 11.5. The molecule has 6 heteroatoms. The van der Waals surface area contributed by atoms with Gasteiger partial charge in [0.05, 0.1) is 28.5 Å². The van der Waals surface area contributed by atoms with E-state index in [9.17, 15) is 0 Å². The predicted octanol–water partition coefficient (Wildman–Crippen LogP) is 3.55. The van der Waals surface area contributed by atoms with Crippen molar-refractivity contribution in [3.63, 3.8) is 0 Å². The van der Waals surface area contributed by atoms with Crippen molar-refractivity contribution in [3.05, 3.63) is 34.6 Å². The van der Waals surface area contributed by atoms with E-state index in [0.29, 0.717) is 27.2 Å². The van der Waals surface area contributed by atoms with Crippen molar-refractivity contribution in [1.29, 1.82) is 0 Å². The Balaban J connectivity index is 2.40. The second-order valence-electron chi connectivity index (χ2n) is 4.12. The Morgan fingerprint density at radius 2 is 1.89 bits per heavy atom. The summed E-state index contributed by atoms with van der Waals surface area (Å²) in [6.07, 6.45) is 3.42. The van der Waals surface area contributed by atoms with Gasteiger partial charge in [-0.3, -0.25) is 0 Å². The van der Waals surface area contributed by atoms with E-state index in [-0.39, 0.29) is 6.10 Å². The van der Waals surface area contributed by atoms with Crippen LogP contribution >= 0.6 is 23.2 Å². The predicted molar refractivity (Wildman–Crippen MR) is 73.8 cm³/mol. The second-order valence-corrected chi connectivity index (χ2v) is 4.93. The maximum Gasteiger partial charge on any atom is 0.158 e. The number of nitrogens with zero attached hydrogens (tertiary/aromatic N) is 2. The molecule has 1 aromatic carbocycles. The third-order valence-electron chi connectivity index (χ3n) is 2.20. The highest BCUT2D eigenvalue weighted by molar-refractivity contribution is 6.38. The topological polar surface area (TPSA) is 53.1 Å². The monoisotopic (exact) mass is 285 g/mol. The molecule has 0 aliphatic carbocycles. The standard InChI is InChI=1S/C12H13Cl2N3O/c1-7(2)18-9-5-16-17(6-9)12-10(13)3-8(15)4-11(12)14/h3-7H,15H2,1-2H3. The summed E-state index contributed by atoms with van der Waals surface area (Å²) in [7, 11) is 0. The molecule has 2 N–H and O–H groups in total. The van der Waals surface area contributed by atoms with Crippen molar-refractivity contribution in [2.75, 3.05) is 5.73 Å². The van der Waals surface area contributed by atoms with Gasteiger partial charge in [-0.15, -0.1) is 0 Å².